The lowest BCUT2D eigenvalue weighted by Gasteiger charge is -2.11. The highest BCUT2D eigenvalue weighted by Crippen LogP contribution is 2.23. The quantitative estimate of drug-likeness (QED) is 0.782. The van der Waals surface area contributed by atoms with Crippen LogP contribution in [-0.4, -0.2) is 10.0 Å². The number of rotatable bonds is 4. The third-order valence-electron chi connectivity index (χ3n) is 1.40. The van der Waals surface area contributed by atoms with Gasteiger partial charge >= 0.3 is 0 Å². The minimum absolute atomic E-state index is 0.000793. The molecule has 0 amide bonds. The zero-order chi connectivity index (χ0) is 10.6. The largest absolute Gasteiger partial charge is 0.479 e. The smallest absolute Gasteiger partial charge is 0.150 e. The molecule has 0 saturated carbocycles. The molecule has 2 nitrogen and oxygen atoms in total. The summed E-state index contributed by atoms with van der Waals surface area (Å²) in [5.74, 6) is 1.58. The first-order chi connectivity index (χ1) is 6.58. The van der Waals surface area contributed by atoms with Crippen molar-refractivity contribution in [2.75, 3.05) is 0 Å². The van der Waals surface area contributed by atoms with Crippen molar-refractivity contribution in [2.24, 2.45) is 0 Å². The average Bonchev–Trinajstić information content (AvgIpc) is 2.01. The number of ether oxygens (including phenoxy) is 2. The molecule has 4 heteroatoms. The Balaban J connectivity index is 2.68. The molecule has 0 heterocycles. The highest BCUT2D eigenvalue weighted by atomic mass is 79.9. The molecule has 0 fully saturated rings. The molecule has 1 aromatic rings. The minimum Gasteiger partial charge on any atom is -0.479 e. The van der Waals surface area contributed by atoms with E-state index in [-0.39, 0.29) is 10.0 Å². The van der Waals surface area contributed by atoms with Gasteiger partial charge in [0.05, 0.1) is 0 Å². The van der Waals surface area contributed by atoms with Gasteiger partial charge in [-0.3, -0.25) is 0 Å². The summed E-state index contributed by atoms with van der Waals surface area (Å²) in [6, 6.07) is 7.54. The van der Waals surface area contributed by atoms with Crippen molar-refractivity contribution in [1.82, 2.24) is 0 Å². The second-order valence-corrected chi connectivity index (χ2v) is 5.38. The average molecular weight is 324 g/mol. The lowest BCUT2D eigenvalue weighted by molar-refractivity contribution is 0.298. The Bertz CT molecular complexity index is 262. The lowest BCUT2D eigenvalue weighted by atomic mass is 10.3. The van der Waals surface area contributed by atoms with E-state index in [2.05, 4.69) is 31.9 Å². The number of benzene rings is 1. The summed E-state index contributed by atoms with van der Waals surface area (Å²) in [5.41, 5.74) is 0. The highest BCUT2D eigenvalue weighted by Gasteiger charge is 2.02. The fraction of sp³-hybridized carbons (Fsp3) is 0.400. The maximum Gasteiger partial charge on any atom is 0.150 e. The van der Waals surface area contributed by atoms with Crippen LogP contribution in [0.3, 0.4) is 0 Å². The molecule has 0 bridgehead atoms. The van der Waals surface area contributed by atoms with Gasteiger partial charge in [0, 0.05) is 6.07 Å². The Morgan fingerprint density at radius 2 is 1.43 bits per heavy atom. The van der Waals surface area contributed by atoms with Crippen molar-refractivity contribution in [1.29, 1.82) is 0 Å². The molecule has 2 atom stereocenters. The summed E-state index contributed by atoms with van der Waals surface area (Å²) >= 11 is 6.63. The van der Waals surface area contributed by atoms with Gasteiger partial charge < -0.3 is 9.47 Å². The van der Waals surface area contributed by atoms with Gasteiger partial charge in [0.2, 0.25) is 0 Å². The molecule has 0 spiro atoms. The predicted molar refractivity (Wildman–Crippen MR) is 64.5 cm³/mol. The first-order valence-corrected chi connectivity index (χ1v) is 6.12. The predicted octanol–water partition coefficient (Wildman–Crippen LogP) is 3.93. The molecule has 1 aromatic carbocycles. The number of alkyl halides is 2. The normalized spacial score (nSPS) is 14.6. The monoisotopic (exact) mass is 322 g/mol. The molecule has 14 heavy (non-hydrogen) atoms. The number of hydrogen-bond acceptors (Lipinski definition) is 2. The van der Waals surface area contributed by atoms with Gasteiger partial charge in [-0.15, -0.1) is 0 Å². The van der Waals surface area contributed by atoms with Crippen molar-refractivity contribution >= 4 is 31.9 Å². The van der Waals surface area contributed by atoms with Gasteiger partial charge in [-0.05, 0) is 57.8 Å². The summed E-state index contributed by atoms with van der Waals surface area (Å²) in [4.78, 5) is 0. The molecule has 1 rings (SSSR count). The van der Waals surface area contributed by atoms with Crippen LogP contribution < -0.4 is 9.47 Å². The van der Waals surface area contributed by atoms with Crippen LogP contribution in [0.2, 0.25) is 0 Å². The zero-order valence-electron chi connectivity index (χ0n) is 8.04. The first kappa shape index (κ1) is 11.9. The Morgan fingerprint density at radius 1 is 1.00 bits per heavy atom. The molecule has 0 aliphatic rings. The van der Waals surface area contributed by atoms with Crippen LogP contribution in [0.4, 0.5) is 0 Å². The maximum absolute atomic E-state index is 5.46. The fourth-order valence-corrected chi connectivity index (χ4v) is 1.43. The Labute approximate surface area is 101 Å². The summed E-state index contributed by atoms with van der Waals surface area (Å²) in [5, 5.41) is -0.00159. The Hall–Kier alpha value is -0.220. The summed E-state index contributed by atoms with van der Waals surface area (Å²) in [7, 11) is 0. The number of hydrogen-bond donors (Lipinski definition) is 0. The van der Waals surface area contributed by atoms with Crippen LogP contribution in [0.5, 0.6) is 11.5 Å². The maximum atomic E-state index is 5.46. The third-order valence-corrected chi connectivity index (χ3v) is 1.78. The molecular weight excluding hydrogens is 312 g/mol. The van der Waals surface area contributed by atoms with Gasteiger partial charge in [-0.1, -0.05) is 6.07 Å². The molecule has 2 unspecified atom stereocenters. The SMILES string of the molecule is CC(Br)Oc1cccc(OC(C)Br)c1. The van der Waals surface area contributed by atoms with Gasteiger partial charge in [0.15, 0.2) is 10.0 Å². The molecule has 0 aliphatic carbocycles. The molecule has 0 aliphatic heterocycles. The summed E-state index contributed by atoms with van der Waals surface area (Å²) in [6.07, 6.45) is 0. The van der Waals surface area contributed by atoms with E-state index >= 15 is 0 Å². The molecule has 0 N–H and O–H groups in total. The standard InChI is InChI=1S/C10H12Br2O2/c1-7(11)13-9-4-3-5-10(6-9)14-8(2)12/h3-8H,1-2H3. The van der Waals surface area contributed by atoms with E-state index in [1.54, 1.807) is 0 Å². The molecule has 0 radical (unpaired) electrons. The van der Waals surface area contributed by atoms with E-state index in [9.17, 15) is 0 Å². The summed E-state index contributed by atoms with van der Waals surface area (Å²) < 4.78 is 10.9. The van der Waals surface area contributed by atoms with Crippen LogP contribution in [0.25, 0.3) is 0 Å². The second kappa shape index (κ2) is 5.61. The van der Waals surface area contributed by atoms with Gasteiger partial charge in [0.1, 0.15) is 11.5 Å². The van der Waals surface area contributed by atoms with Crippen LogP contribution in [-0.2, 0) is 0 Å². The van der Waals surface area contributed by atoms with E-state index < -0.39 is 0 Å². The van der Waals surface area contributed by atoms with Crippen molar-refractivity contribution in [3.05, 3.63) is 24.3 Å². The van der Waals surface area contributed by atoms with Crippen molar-refractivity contribution < 1.29 is 9.47 Å². The fourth-order valence-electron chi connectivity index (χ4n) is 0.996. The Morgan fingerprint density at radius 3 is 1.79 bits per heavy atom. The Kier molecular flexibility index (Phi) is 4.75. The molecule has 78 valence electrons. The van der Waals surface area contributed by atoms with E-state index in [0.29, 0.717) is 0 Å². The molecule has 0 aromatic heterocycles. The van der Waals surface area contributed by atoms with Gasteiger partial charge in [-0.25, -0.2) is 0 Å². The topological polar surface area (TPSA) is 18.5 Å². The van der Waals surface area contributed by atoms with Gasteiger partial charge in [-0.2, -0.15) is 0 Å². The van der Waals surface area contributed by atoms with Crippen molar-refractivity contribution in [3.8, 4) is 11.5 Å². The van der Waals surface area contributed by atoms with E-state index in [4.69, 9.17) is 9.47 Å². The van der Waals surface area contributed by atoms with Crippen LogP contribution in [0, 0.1) is 0 Å². The van der Waals surface area contributed by atoms with Crippen molar-refractivity contribution in [3.63, 3.8) is 0 Å². The lowest BCUT2D eigenvalue weighted by Crippen LogP contribution is -2.04. The van der Waals surface area contributed by atoms with Crippen LogP contribution in [0.15, 0.2) is 24.3 Å². The zero-order valence-corrected chi connectivity index (χ0v) is 11.2. The van der Waals surface area contributed by atoms with E-state index in [1.807, 2.05) is 38.1 Å². The summed E-state index contributed by atoms with van der Waals surface area (Å²) in [6.45, 7) is 3.83. The first-order valence-electron chi connectivity index (χ1n) is 4.29. The van der Waals surface area contributed by atoms with Gasteiger partial charge in [0.25, 0.3) is 0 Å². The van der Waals surface area contributed by atoms with Crippen molar-refractivity contribution in [2.45, 2.75) is 23.9 Å². The van der Waals surface area contributed by atoms with E-state index in [0.717, 1.165) is 11.5 Å². The van der Waals surface area contributed by atoms with Crippen LogP contribution in [0.1, 0.15) is 13.8 Å². The minimum atomic E-state index is -0.000793. The molecular formula is C10H12Br2O2. The highest BCUT2D eigenvalue weighted by molar-refractivity contribution is 9.09. The van der Waals surface area contributed by atoms with Crippen LogP contribution >= 0.6 is 31.9 Å². The second-order valence-electron chi connectivity index (χ2n) is 2.80. The molecule has 0 saturated heterocycles. The van der Waals surface area contributed by atoms with E-state index in [1.165, 1.54) is 0 Å². The number of halogens is 2. The third kappa shape index (κ3) is 4.33.